The lowest BCUT2D eigenvalue weighted by molar-refractivity contribution is 0.0727. The third-order valence-corrected chi connectivity index (χ3v) is 4.26. The van der Waals surface area contributed by atoms with Gasteiger partial charge in [0.25, 0.3) is 5.91 Å². The lowest BCUT2D eigenvalue weighted by Crippen LogP contribution is -2.32. The Hall–Kier alpha value is -2.56. The van der Waals surface area contributed by atoms with Gasteiger partial charge in [-0.15, -0.1) is 0 Å². The van der Waals surface area contributed by atoms with Crippen molar-refractivity contribution in [3.8, 4) is 11.5 Å². The van der Waals surface area contributed by atoms with Crippen molar-refractivity contribution in [3.63, 3.8) is 0 Å². The Labute approximate surface area is 155 Å². The van der Waals surface area contributed by atoms with E-state index in [-0.39, 0.29) is 5.91 Å². The number of ether oxygens (including phenoxy) is 2. The smallest absolute Gasteiger partial charge is 0.254 e. The Balaban J connectivity index is 1.81. The molecule has 0 bridgehead atoms. The molecule has 1 aliphatic carbocycles. The van der Waals surface area contributed by atoms with Crippen molar-refractivity contribution < 1.29 is 14.3 Å². The van der Waals surface area contributed by atoms with Crippen LogP contribution in [0.15, 0.2) is 42.6 Å². The summed E-state index contributed by atoms with van der Waals surface area (Å²) in [5, 5.41) is 0. The quantitative estimate of drug-likeness (QED) is 0.681. The normalized spacial score (nSPS) is 13.3. The number of hydrogen-bond donors (Lipinski definition) is 0. The molecule has 1 aromatic heterocycles. The second kappa shape index (κ2) is 8.70. The van der Waals surface area contributed by atoms with Crippen molar-refractivity contribution in [2.75, 3.05) is 13.2 Å². The summed E-state index contributed by atoms with van der Waals surface area (Å²) in [5.41, 5.74) is 1.53. The number of benzene rings is 1. The van der Waals surface area contributed by atoms with E-state index in [1.807, 2.05) is 42.2 Å². The Bertz CT molecular complexity index is 729. The van der Waals surface area contributed by atoms with Crippen LogP contribution in [0.4, 0.5) is 0 Å². The highest BCUT2D eigenvalue weighted by molar-refractivity contribution is 5.95. The van der Waals surface area contributed by atoms with Gasteiger partial charge < -0.3 is 14.4 Å². The van der Waals surface area contributed by atoms with Gasteiger partial charge in [0.1, 0.15) is 0 Å². The zero-order valence-corrected chi connectivity index (χ0v) is 15.5. The molecule has 5 heteroatoms. The maximum Gasteiger partial charge on any atom is 0.254 e. The minimum absolute atomic E-state index is 0.0150. The number of amides is 1. The second-order valence-corrected chi connectivity index (χ2v) is 6.43. The molecule has 26 heavy (non-hydrogen) atoms. The molecular weight excluding hydrogens is 328 g/mol. The fourth-order valence-electron chi connectivity index (χ4n) is 2.83. The molecule has 0 N–H and O–H groups in total. The van der Waals surface area contributed by atoms with Crippen LogP contribution in [0.1, 0.15) is 49.2 Å². The first-order valence-electron chi connectivity index (χ1n) is 9.33. The van der Waals surface area contributed by atoms with Crippen molar-refractivity contribution >= 4 is 5.91 Å². The highest BCUT2D eigenvalue weighted by Crippen LogP contribution is 2.33. The van der Waals surface area contributed by atoms with E-state index in [2.05, 4.69) is 11.9 Å². The first-order chi connectivity index (χ1) is 12.7. The van der Waals surface area contributed by atoms with E-state index >= 15 is 0 Å². The number of pyridine rings is 1. The van der Waals surface area contributed by atoms with E-state index in [0.29, 0.717) is 42.9 Å². The summed E-state index contributed by atoms with van der Waals surface area (Å²) in [6, 6.07) is 11.5. The van der Waals surface area contributed by atoms with Crippen LogP contribution >= 0.6 is 0 Å². The van der Waals surface area contributed by atoms with Crippen LogP contribution in [0.3, 0.4) is 0 Å². The predicted octanol–water partition coefficient (Wildman–Crippen LogP) is 4.07. The number of rotatable bonds is 9. The molecule has 0 radical (unpaired) electrons. The summed E-state index contributed by atoms with van der Waals surface area (Å²) < 4.78 is 11.4. The van der Waals surface area contributed by atoms with Gasteiger partial charge in [0.15, 0.2) is 11.5 Å². The van der Waals surface area contributed by atoms with Crippen molar-refractivity contribution in [1.29, 1.82) is 0 Å². The number of nitrogens with zero attached hydrogens (tertiary/aromatic N) is 2. The predicted molar refractivity (Wildman–Crippen MR) is 101 cm³/mol. The zero-order chi connectivity index (χ0) is 18.4. The molecule has 5 nitrogen and oxygen atoms in total. The molecule has 1 heterocycles. The lowest BCUT2D eigenvalue weighted by atomic mass is 10.1. The fraction of sp³-hybridized carbons (Fsp3) is 0.429. The van der Waals surface area contributed by atoms with E-state index in [4.69, 9.17) is 9.47 Å². The Morgan fingerprint density at radius 2 is 2.00 bits per heavy atom. The summed E-state index contributed by atoms with van der Waals surface area (Å²) in [6.45, 7) is 5.67. The molecule has 1 fully saturated rings. The Morgan fingerprint density at radius 3 is 2.65 bits per heavy atom. The molecule has 1 saturated carbocycles. The maximum atomic E-state index is 13.1. The SMILES string of the molecule is CCCOc1ccc(C(=O)N(Cc2ccccn2)C2CC2)cc1OCC. The van der Waals surface area contributed by atoms with Gasteiger partial charge in [-0.2, -0.15) is 0 Å². The Kier molecular flexibility index (Phi) is 6.10. The number of carbonyl (C=O) groups excluding carboxylic acids is 1. The van der Waals surface area contributed by atoms with Gasteiger partial charge in [-0.3, -0.25) is 9.78 Å². The standard InChI is InChI=1S/C21H26N2O3/c1-3-13-26-19-11-8-16(14-20(19)25-4-2)21(24)23(18-9-10-18)15-17-7-5-6-12-22-17/h5-8,11-12,14,18H,3-4,9-10,13,15H2,1-2H3. The average Bonchev–Trinajstić information content (AvgIpc) is 3.51. The van der Waals surface area contributed by atoms with Crippen LogP contribution < -0.4 is 9.47 Å². The lowest BCUT2D eigenvalue weighted by Gasteiger charge is -2.23. The molecule has 1 aromatic carbocycles. The first-order valence-corrected chi connectivity index (χ1v) is 9.33. The molecule has 1 aliphatic rings. The minimum Gasteiger partial charge on any atom is -0.490 e. The fourth-order valence-corrected chi connectivity index (χ4v) is 2.83. The van der Waals surface area contributed by atoms with Gasteiger partial charge in [-0.1, -0.05) is 13.0 Å². The molecule has 138 valence electrons. The first kappa shape index (κ1) is 18.2. The molecule has 0 saturated heterocycles. The van der Waals surface area contributed by atoms with Gasteiger partial charge in [-0.05, 0) is 56.5 Å². The summed E-state index contributed by atoms with van der Waals surface area (Å²) in [6.07, 6.45) is 4.78. The van der Waals surface area contributed by atoms with E-state index in [1.54, 1.807) is 12.3 Å². The van der Waals surface area contributed by atoms with Gasteiger partial charge in [0.2, 0.25) is 0 Å². The summed E-state index contributed by atoms with van der Waals surface area (Å²) in [5.74, 6) is 1.33. The summed E-state index contributed by atoms with van der Waals surface area (Å²) in [4.78, 5) is 19.4. The summed E-state index contributed by atoms with van der Waals surface area (Å²) in [7, 11) is 0. The van der Waals surface area contributed by atoms with Crippen LogP contribution in [-0.2, 0) is 6.54 Å². The van der Waals surface area contributed by atoms with Gasteiger partial charge in [0.05, 0.1) is 25.5 Å². The molecule has 0 unspecified atom stereocenters. The molecule has 0 spiro atoms. The van der Waals surface area contributed by atoms with Crippen molar-refractivity contribution in [3.05, 3.63) is 53.9 Å². The number of carbonyl (C=O) groups is 1. The molecule has 3 rings (SSSR count). The van der Waals surface area contributed by atoms with Crippen LogP contribution in [0.2, 0.25) is 0 Å². The topological polar surface area (TPSA) is 51.7 Å². The second-order valence-electron chi connectivity index (χ2n) is 6.43. The number of aromatic nitrogens is 1. The van der Waals surface area contributed by atoms with Crippen LogP contribution in [0, 0.1) is 0 Å². The third-order valence-electron chi connectivity index (χ3n) is 4.26. The van der Waals surface area contributed by atoms with Crippen LogP contribution in [0.25, 0.3) is 0 Å². The van der Waals surface area contributed by atoms with E-state index in [1.165, 1.54) is 0 Å². The Morgan fingerprint density at radius 1 is 1.15 bits per heavy atom. The van der Waals surface area contributed by atoms with Crippen molar-refractivity contribution in [2.45, 2.75) is 45.7 Å². The van der Waals surface area contributed by atoms with Crippen molar-refractivity contribution in [2.24, 2.45) is 0 Å². The van der Waals surface area contributed by atoms with E-state index < -0.39 is 0 Å². The average molecular weight is 354 g/mol. The molecule has 0 aliphatic heterocycles. The minimum atomic E-state index is 0.0150. The van der Waals surface area contributed by atoms with Gasteiger partial charge in [-0.25, -0.2) is 0 Å². The molecule has 1 amide bonds. The maximum absolute atomic E-state index is 13.1. The highest BCUT2D eigenvalue weighted by atomic mass is 16.5. The summed E-state index contributed by atoms with van der Waals surface area (Å²) >= 11 is 0. The van der Waals surface area contributed by atoms with E-state index in [9.17, 15) is 4.79 Å². The van der Waals surface area contributed by atoms with Crippen molar-refractivity contribution in [1.82, 2.24) is 9.88 Å². The van der Waals surface area contributed by atoms with E-state index in [0.717, 1.165) is 25.0 Å². The van der Waals surface area contributed by atoms with Crippen LogP contribution in [0.5, 0.6) is 11.5 Å². The van der Waals surface area contributed by atoms with Crippen LogP contribution in [-0.4, -0.2) is 35.0 Å². The third kappa shape index (κ3) is 4.54. The molecule has 0 atom stereocenters. The van der Waals surface area contributed by atoms with Gasteiger partial charge >= 0.3 is 0 Å². The largest absolute Gasteiger partial charge is 0.490 e. The zero-order valence-electron chi connectivity index (χ0n) is 15.5. The molecule has 2 aromatic rings. The number of hydrogen-bond acceptors (Lipinski definition) is 4. The molecular formula is C21H26N2O3. The van der Waals surface area contributed by atoms with Gasteiger partial charge in [0, 0.05) is 17.8 Å². The highest BCUT2D eigenvalue weighted by Gasteiger charge is 2.33. The monoisotopic (exact) mass is 354 g/mol.